The molecule has 3 aromatic rings. The summed E-state index contributed by atoms with van der Waals surface area (Å²) in [4.78, 5) is 11.9. The molecule has 0 aromatic carbocycles. The van der Waals surface area contributed by atoms with Crippen molar-refractivity contribution >= 4 is 23.4 Å². The number of fused-ring (bicyclic) bond motifs is 1. The Balaban J connectivity index is 2.12. The third kappa shape index (κ3) is 2.22. The molecule has 3 aromatic heterocycles. The van der Waals surface area contributed by atoms with Crippen LogP contribution in [0.25, 0.3) is 11.2 Å². The molecule has 0 bridgehead atoms. The third-order valence-electron chi connectivity index (χ3n) is 2.85. The van der Waals surface area contributed by atoms with Gasteiger partial charge in [0.25, 0.3) is 0 Å². The molecule has 0 fully saturated rings. The number of aromatic amines is 1. The zero-order valence-corrected chi connectivity index (χ0v) is 11.1. The van der Waals surface area contributed by atoms with Crippen molar-refractivity contribution in [2.45, 2.75) is 6.54 Å². The van der Waals surface area contributed by atoms with Crippen LogP contribution < -0.4 is 4.74 Å². The molecule has 0 amide bonds. The lowest BCUT2D eigenvalue weighted by molar-refractivity contribution is 0.399. The van der Waals surface area contributed by atoms with Gasteiger partial charge in [-0.2, -0.15) is 4.98 Å². The first-order valence-electron chi connectivity index (χ1n) is 5.81. The number of H-pyrrole nitrogens is 1. The minimum atomic E-state index is 0.566. The summed E-state index contributed by atoms with van der Waals surface area (Å²) in [5.74, 6) is 0.566. The summed E-state index contributed by atoms with van der Waals surface area (Å²) in [6.07, 6.45) is 1.77. The third-order valence-corrected chi connectivity index (χ3v) is 3.17. The molecule has 0 aliphatic heterocycles. The maximum absolute atomic E-state index is 5.33. The zero-order chi connectivity index (χ0) is 13.2. The lowest BCUT2D eigenvalue weighted by Crippen LogP contribution is -2.02. The molecule has 3 rings (SSSR count). The molecule has 96 valence electrons. The van der Waals surface area contributed by atoms with Crippen molar-refractivity contribution in [1.82, 2.24) is 19.5 Å². The normalized spacial score (nSPS) is 10.8. The van der Waals surface area contributed by atoms with Crippen molar-refractivity contribution in [3.8, 4) is 5.88 Å². The van der Waals surface area contributed by atoms with E-state index in [0.717, 1.165) is 16.9 Å². The van der Waals surface area contributed by atoms with Crippen molar-refractivity contribution in [1.29, 1.82) is 0 Å². The molecule has 0 saturated carbocycles. The number of rotatable bonds is 3. The Morgan fingerprint density at radius 1 is 1.32 bits per heavy atom. The van der Waals surface area contributed by atoms with Crippen molar-refractivity contribution in [2.24, 2.45) is 0 Å². The van der Waals surface area contributed by atoms with Crippen molar-refractivity contribution in [2.75, 3.05) is 7.11 Å². The van der Waals surface area contributed by atoms with Gasteiger partial charge in [0, 0.05) is 12.3 Å². The van der Waals surface area contributed by atoms with Gasteiger partial charge >= 0.3 is 0 Å². The molecule has 5 nitrogen and oxygen atoms in total. The highest BCUT2D eigenvalue weighted by Gasteiger charge is 2.08. The summed E-state index contributed by atoms with van der Waals surface area (Å²) in [6, 6.07) is 9.51. The lowest BCUT2D eigenvalue weighted by atomic mass is 10.3. The quantitative estimate of drug-likeness (QED) is 0.744. The van der Waals surface area contributed by atoms with Crippen LogP contribution in [0.2, 0.25) is 0 Å². The molecule has 0 aliphatic rings. The van der Waals surface area contributed by atoms with Gasteiger partial charge in [-0.3, -0.25) is 9.55 Å². The Morgan fingerprint density at radius 3 is 2.95 bits per heavy atom. The van der Waals surface area contributed by atoms with Crippen LogP contribution in [0.15, 0.2) is 36.5 Å². The Bertz CT molecular complexity index is 763. The van der Waals surface area contributed by atoms with Gasteiger partial charge < -0.3 is 9.72 Å². The highest BCUT2D eigenvalue weighted by Crippen LogP contribution is 2.17. The molecule has 0 unspecified atom stereocenters. The Hall–Kier alpha value is -2.21. The van der Waals surface area contributed by atoms with Crippen LogP contribution in [0.3, 0.4) is 0 Å². The maximum atomic E-state index is 5.33. The number of hydrogen-bond acceptors (Lipinski definition) is 4. The van der Waals surface area contributed by atoms with Crippen LogP contribution in [0.1, 0.15) is 5.69 Å². The average Bonchev–Trinajstić information content (AvgIpc) is 2.76. The maximum Gasteiger partial charge on any atom is 0.215 e. The van der Waals surface area contributed by atoms with Crippen LogP contribution in [-0.2, 0) is 6.54 Å². The van der Waals surface area contributed by atoms with E-state index in [4.69, 9.17) is 17.0 Å². The van der Waals surface area contributed by atoms with Crippen LogP contribution >= 0.6 is 12.2 Å². The van der Waals surface area contributed by atoms with Gasteiger partial charge in [0.15, 0.2) is 10.4 Å². The monoisotopic (exact) mass is 272 g/mol. The van der Waals surface area contributed by atoms with E-state index in [0.29, 0.717) is 17.2 Å². The molecule has 6 heteroatoms. The zero-order valence-electron chi connectivity index (χ0n) is 10.3. The minimum absolute atomic E-state index is 0.566. The molecular weight excluding hydrogens is 260 g/mol. The summed E-state index contributed by atoms with van der Waals surface area (Å²) in [5, 5.41) is 0. The van der Waals surface area contributed by atoms with Crippen LogP contribution in [0, 0.1) is 4.77 Å². The summed E-state index contributed by atoms with van der Waals surface area (Å²) in [7, 11) is 1.60. The van der Waals surface area contributed by atoms with E-state index in [-0.39, 0.29) is 0 Å². The molecule has 0 spiro atoms. The van der Waals surface area contributed by atoms with E-state index >= 15 is 0 Å². The smallest absolute Gasteiger partial charge is 0.215 e. The fraction of sp³-hybridized carbons (Fsp3) is 0.154. The minimum Gasteiger partial charge on any atom is -0.481 e. The first-order chi connectivity index (χ1) is 9.28. The molecule has 0 atom stereocenters. The SMILES string of the molecule is COc1ccc2[nH]c(=S)n(Cc3ccccn3)c2n1. The number of hydrogen-bond donors (Lipinski definition) is 1. The Kier molecular flexibility index (Phi) is 3.00. The molecule has 0 radical (unpaired) electrons. The molecule has 0 aliphatic carbocycles. The van der Waals surface area contributed by atoms with Crippen LogP contribution in [0.4, 0.5) is 0 Å². The predicted molar refractivity (Wildman–Crippen MR) is 74.8 cm³/mol. The van der Waals surface area contributed by atoms with Gasteiger partial charge in [-0.25, -0.2) is 0 Å². The lowest BCUT2D eigenvalue weighted by Gasteiger charge is -2.04. The molecule has 19 heavy (non-hydrogen) atoms. The second-order valence-electron chi connectivity index (χ2n) is 4.06. The topological polar surface area (TPSA) is 55.7 Å². The van der Waals surface area contributed by atoms with Crippen LogP contribution in [-0.4, -0.2) is 26.6 Å². The predicted octanol–water partition coefficient (Wildman–Crippen LogP) is 2.55. The first kappa shape index (κ1) is 11.9. The summed E-state index contributed by atoms with van der Waals surface area (Å²) in [6.45, 7) is 0.583. The molecule has 0 saturated heterocycles. The molecule has 3 heterocycles. The number of ether oxygens (including phenoxy) is 1. The van der Waals surface area contributed by atoms with Crippen LogP contribution in [0.5, 0.6) is 5.88 Å². The van der Waals surface area contributed by atoms with E-state index in [1.165, 1.54) is 0 Å². The van der Waals surface area contributed by atoms with Gasteiger partial charge in [0.2, 0.25) is 5.88 Å². The highest BCUT2D eigenvalue weighted by molar-refractivity contribution is 7.71. The Morgan fingerprint density at radius 2 is 2.21 bits per heavy atom. The van der Waals surface area contributed by atoms with E-state index in [9.17, 15) is 0 Å². The van der Waals surface area contributed by atoms with Crippen molar-refractivity contribution in [3.63, 3.8) is 0 Å². The first-order valence-corrected chi connectivity index (χ1v) is 6.22. The molecule has 1 N–H and O–H groups in total. The van der Waals surface area contributed by atoms with Gasteiger partial charge in [0.1, 0.15) is 0 Å². The average molecular weight is 272 g/mol. The summed E-state index contributed by atoms with van der Waals surface area (Å²) in [5.41, 5.74) is 2.60. The van der Waals surface area contributed by atoms with Gasteiger partial charge in [0.05, 0.1) is 24.9 Å². The standard InChI is InChI=1S/C13H12N4OS/c1-18-11-6-5-10-12(16-11)17(13(19)15-10)8-9-4-2-3-7-14-9/h2-7H,8H2,1H3,(H,15,19). The van der Waals surface area contributed by atoms with Gasteiger partial charge in [-0.1, -0.05) is 6.07 Å². The van der Waals surface area contributed by atoms with Gasteiger partial charge in [-0.05, 0) is 30.4 Å². The Labute approximate surface area is 114 Å². The number of pyridine rings is 2. The van der Waals surface area contributed by atoms with E-state index in [1.807, 2.05) is 28.8 Å². The van der Waals surface area contributed by atoms with E-state index in [1.54, 1.807) is 19.4 Å². The number of nitrogens with one attached hydrogen (secondary N) is 1. The largest absolute Gasteiger partial charge is 0.481 e. The highest BCUT2D eigenvalue weighted by atomic mass is 32.1. The number of imidazole rings is 1. The number of nitrogens with zero attached hydrogens (tertiary/aromatic N) is 3. The summed E-state index contributed by atoms with van der Waals surface area (Å²) >= 11 is 5.33. The second kappa shape index (κ2) is 4.81. The fourth-order valence-electron chi connectivity index (χ4n) is 1.93. The number of methoxy groups -OCH3 is 1. The second-order valence-corrected chi connectivity index (χ2v) is 4.45. The molecular formula is C13H12N4OS. The summed E-state index contributed by atoms with van der Waals surface area (Å²) < 4.78 is 7.69. The van der Waals surface area contributed by atoms with E-state index < -0.39 is 0 Å². The number of aromatic nitrogens is 4. The van der Waals surface area contributed by atoms with Gasteiger partial charge in [-0.15, -0.1) is 0 Å². The van der Waals surface area contributed by atoms with Crippen molar-refractivity contribution in [3.05, 3.63) is 47.0 Å². The van der Waals surface area contributed by atoms with Crippen molar-refractivity contribution < 1.29 is 4.74 Å². The van der Waals surface area contributed by atoms with E-state index in [2.05, 4.69) is 15.0 Å². The fourth-order valence-corrected chi connectivity index (χ4v) is 2.19.